The highest BCUT2D eigenvalue weighted by Crippen LogP contribution is 2.18. The van der Waals surface area contributed by atoms with Crippen LogP contribution in [0.1, 0.15) is 284 Å². The fourth-order valence-corrected chi connectivity index (χ4v) is 8.19. The summed E-state index contributed by atoms with van der Waals surface area (Å²) < 4.78 is 5.94. The summed E-state index contributed by atoms with van der Waals surface area (Å²) in [5.74, 6) is -0.475. The normalized spacial score (nSPS) is 13.3. The molecule has 0 saturated heterocycles. The minimum atomic E-state index is -0.787. The number of rotatable bonds is 48. The Morgan fingerprint density at radius 2 is 0.800 bits per heavy atom. The quantitative estimate of drug-likeness (QED) is 0.0322. The van der Waals surface area contributed by atoms with Crippen LogP contribution in [0, 0.1) is 0 Å². The predicted octanol–water partition coefficient (Wildman–Crippen LogP) is 15.9. The van der Waals surface area contributed by atoms with Gasteiger partial charge in [0, 0.05) is 6.42 Å². The zero-order chi connectivity index (χ0) is 43.8. The summed E-state index contributed by atoms with van der Waals surface area (Å²) >= 11 is 0. The topological polar surface area (TPSA) is 95.9 Å². The second kappa shape index (κ2) is 48.4. The van der Waals surface area contributed by atoms with Crippen LogP contribution in [0.3, 0.4) is 0 Å². The van der Waals surface area contributed by atoms with E-state index in [2.05, 4.69) is 50.4 Å². The maximum Gasteiger partial charge on any atom is 0.306 e. The fraction of sp³-hybridized carbons (Fsp3) is 0.889. The van der Waals surface area contributed by atoms with Crippen molar-refractivity contribution in [1.29, 1.82) is 0 Å². The van der Waals surface area contributed by atoms with Crippen molar-refractivity contribution >= 4 is 11.9 Å². The molecule has 3 atom stereocenters. The van der Waals surface area contributed by atoms with E-state index in [0.717, 1.165) is 57.8 Å². The molecule has 3 N–H and O–H groups in total. The van der Waals surface area contributed by atoms with Crippen LogP contribution in [-0.4, -0.2) is 46.9 Å². The van der Waals surface area contributed by atoms with Crippen LogP contribution in [-0.2, 0) is 14.3 Å². The number of unbranched alkanes of at least 4 members (excludes halogenated alkanes) is 32. The van der Waals surface area contributed by atoms with Crippen molar-refractivity contribution in [2.24, 2.45) is 0 Å². The number of aliphatic hydroxyl groups excluding tert-OH is 2. The molecule has 0 aromatic rings. The first-order valence-corrected chi connectivity index (χ1v) is 26.6. The summed E-state index contributed by atoms with van der Waals surface area (Å²) in [5.41, 5.74) is 0. The lowest BCUT2D eigenvalue weighted by atomic mass is 10.0. The van der Waals surface area contributed by atoms with E-state index in [0.29, 0.717) is 19.3 Å². The molecule has 0 heterocycles. The average Bonchev–Trinajstić information content (AvgIpc) is 3.24. The first-order valence-electron chi connectivity index (χ1n) is 26.6. The number of amides is 1. The smallest absolute Gasteiger partial charge is 0.306 e. The summed E-state index contributed by atoms with van der Waals surface area (Å²) in [5, 5.41) is 23.8. The molecule has 0 aliphatic carbocycles. The number of carbonyl (C=O) groups is 2. The van der Waals surface area contributed by atoms with Crippen LogP contribution in [0.15, 0.2) is 24.3 Å². The number of ether oxygens (including phenoxy) is 1. The Hall–Kier alpha value is -1.66. The number of hydrogen-bond donors (Lipinski definition) is 3. The second-order valence-electron chi connectivity index (χ2n) is 18.3. The monoisotopic (exact) mass is 846 g/mol. The van der Waals surface area contributed by atoms with E-state index in [1.807, 2.05) is 0 Å². The number of hydrogen-bond acceptors (Lipinski definition) is 5. The Bertz CT molecular complexity index is 950. The number of carbonyl (C=O) groups excluding carboxylic acids is 2. The third-order valence-electron chi connectivity index (χ3n) is 12.3. The molecule has 1 amide bonds. The Morgan fingerprint density at radius 3 is 1.20 bits per heavy atom. The minimum absolute atomic E-state index is 0.0742. The van der Waals surface area contributed by atoms with Gasteiger partial charge in [0.1, 0.15) is 6.10 Å². The SMILES string of the molecule is CCCCCC/C=C\CCCCCCCCCC(=O)OC(CCCCCCC/C=C\CCCCCC)CC(=O)NC(CO)C(O)CCCCCCCCCCCCCCC. The van der Waals surface area contributed by atoms with Gasteiger partial charge in [-0.25, -0.2) is 0 Å². The molecule has 0 spiro atoms. The van der Waals surface area contributed by atoms with Crippen molar-refractivity contribution in [2.45, 2.75) is 302 Å². The molecule has 0 aliphatic rings. The van der Waals surface area contributed by atoms with Crippen molar-refractivity contribution in [3.05, 3.63) is 24.3 Å². The van der Waals surface area contributed by atoms with E-state index >= 15 is 0 Å². The first kappa shape index (κ1) is 58.3. The number of allylic oxidation sites excluding steroid dienone is 4. The maximum atomic E-state index is 13.2. The van der Waals surface area contributed by atoms with Crippen LogP contribution < -0.4 is 5.32 Å². The zero-order valence-electron chi connectivity index (χ0n) is 40.4. The third kappa shape index (κ3) is 43.0. The Kier molecular flexibility index (Phi) is 47.0. The zero-order valence-corrected chi connectivity index (χ0v) is 40.4. The van der Waals surface area contributed by atoms with Gasteiger partial charge in [0.2, 0.25) is 5.91 Å². The van der Waals surface area contributed by atoms with E-state index in [4.69, 9.17) is 4.74 Å². The number of esters is 1. The van der Waals surface area contributed by atoms with E-state index in [9.17, 15) is 19.8 Å². The number of aliphatic hydroxyl groups is 2. The molecule has 0 bridgehead atoms. The molecular weight excluding hydrogens is 743 g/mol. The Balaban J connectivity index is 4.55. The van der Waals surface area contributed by atoms with Gasteiger partial charge < -0.3 is 20.3 Å². The Morgan fingerprint density at radius 1 is 0.467 bits per heavy atom. The lowest BCUT2D eigenvalue weighted by molar-refractivity contribution is -0.151. The summed E-state index contributed by atoms with van der Waals surface area (Å²) in [6.07, 6.45) is 55.2. The molecule has 6 nitrogen and oxygen atoms in total. The van der Waals surface area contributed by atoms with E-state index < -0.39 is 18.2 Å². The maximum absolute atomic E-state index is 13.2. The molecule has 60 heavy (non-hydrogen) atoms. The molecule has 6 heteroatoms. The van der Waals surface area contributed by atoms with Gasteiger partial charge in [0.25, 0.3) is 0 Å². The lowest BCUT2D eigenvalue weighted by Crippen LogP contribution is -2.46. The van der Waals surface area contributed by atoms with Gasteiger partial charge >= 0.3 is 5.97 Å². The van der Waals surface area contributed by atoms with Crippen LogP contribution in [0.4, 0.5) is 0 Å². The van der Waals surface area contributed by atoms with Gasteiger partial charge in [0.05, 0.1) is 25.2 Å². The van der Waals surface area contributed by atoms with Gasteiger partial charge in [0.15, 0.2) is 0 Å². The van der Waals surface area contributed by atoms with Crippen LogP contribution >= 0.6 is 0 Å². The average molecular weight is 846 g/mol. The highest BCUT2D eigenvalue weighted by molar-refractivity contribution is 5.77. The molecule has 0 aromatic carbocycles. The molecule has 3 unspecified atom stereocenters. The first-order chi connectivity index (χ1) is 29.5. The van der Waals surface area contributed by atoms with Crippen molar-refractivity contribution < 1.29 is 24.5 Å². The van der Waals surface area contributed by atoms with Crippen LogP contribution in [0.5, 0.6) is 0 Å². The predicted molar refractivity (Wildman–Crippen MR) is 260 cm³/mol. The highest BCUT2D eigenvalue weighted by Gasteiger charge is 2.24. The molecule has 0 radical (unpaired) electrons. The fourth-order valence-electron chi connectivity index (χ4n) is 8.19. The lowest BCUT2D eigenvalue weighted by Gasteiger charge is -2.24. The van der Waals surface area contributed by atoms with Crippen molar-refractivity contribution in [3.8, 4) is 0 Å². The van der Waals surface area contributed by atoms with E-state index in [-0.39, 0.29) is 24.9 Å². The summed E-state index contributed by atoms with van der Waals surface area (Å²) in [6, 6.07) is -0.701. The summed E-state index contributed by atoms with van der Waals surface area (Å²) in [6.45, 7) is 6.47. The largest absolute Gasteiger partial charge is 0.462 e. The van der Waals surface area contributed by atoms with Gasteiger partial charge in [-0.3, -0.25) is 9.59 Å². The molecule has 0 aromatic heterocycles. The molecule has 0 fully saturated rings. The molecule has 354 valence electrons. The van der Waals surface area contributed by atoms with Gasteiger partial charge in [-0.15, -0.1) is 0 Å². The van der Waals surface area contributed by atoms with Gasteiger partial charge in [-0.05, 0) is 77.0 Å². The van der Waals surface area contributed by atoms with Crippen molar-refractivity contribution in [3.63, 3.8) is 0 Å². The van der Waals surface area contributed by atoms with Crippen molar-refractivity contribution in [2.75, 3.05) is 6.61 Å². The molecule has 0 saturated carbocycles. The molecular formula is C54H103NO5. The van der Waals surface area contributed by atoms with Gasteiger partial charge in [-0.2, -0.15) is 0 Å². The molecule has 0 aliphatic heterocycles. The third-order valence-corrected chi connectivity index (χ3v) is 12.3. The van der Waals surface area contributed by atoms with Gasteiger partial charge in [-0.1, -0.05) is 218 Å². The van der Waals surface area contributed by atoms with E-state index in [1.165, 1.54) is 180 Å². The second-order valence-corrected chi connectivity index (χ2v) is 18.3. The minimum Gasteiger partial charge on any atom is -0.462 e. The standard InChI is InChI=1S/C54H103NO5/c1-4-7-10-13-16-19-22-25-26-29-32-35-38-41-44-47-54(59)60-50(45-42-39-36-33-30-27-23-20-17-14-11-8-5-2)48-53(58)55-51(49-56)52(57)46-43-40-37-34-31-28-24-21-18-15-12-9-6-3/h19-20,22-23,50-52,56-57H,4-18,21,24-49H2,1-3H3,(H,55,58)/b22-19-,23-20-. The van der Waals surface area contributed by atoms with Crippen LogP contribution in [0.2, 0.25) is 0 Å². The highest BCUT2D eigenvalue weighted by atomic mass is 16.5. The van der Waals surface area contributed by atoms with Crippen molar-refractivity contribution in [1.82, 2.24) is 5.32 Å². The number of nitrogens with one attached hydrogen (secondary N) is 1. The summed E-state index contributed by atoms with van der Waals surface area (Å²) in [4.78, 5) is 26.1. The van der Waals surface area contributed by atoms with E-state index in [1.54, 1.807) is 0 Å². The molecule has 0 rings (SSSR count). The van der Waals surface area contributed by atoms with Crippen LogP contribution in [0.25, 0.3) is 0 Å². The Labute approximate surface area is 373 Å². The summed E-state index contributed by atoms with van der Waals surface area (Å²) in [7, 11) is 0.